The number of esters is 2. The molecule has 0 radical (unpaired) electrons. The van der Waals surface area contributed by atoms with Gasteiger partial charge in [-0.15, -0.1) is 0 Å². The van der Waals surface area contributed by atoms with E-state index in [-0.39, 0.29) is 24.5 Å². The third kappa shape index (κ3) is 5.21. The molecule has 1 aliphatic heterocycles. The van der Waals surface area contributed by atoms with Crippen LogP contribution in [0.15, 0.2) is 38.6 Å². The van der Waals surface area contributed by atoms with E-state index in [1.807, 2.05) is 0 Å². The summed E-state index contributed by atoms with van der Waals surface area (Å²) in [5.74, 6) is -0.757. The quantitative estimate of drug-likeness (QED) is 0.547. The van der Waals surface area contributed by atoms with Crippen LogP contribution < -0.4 is 10.6 Å². The van der Waals surface area contributed by atoms with Gasteiger partial charge < -0.3 is 24.5 Å². The monoisotopic (exact) mass is 412 g/mol. The van der Waals surface area contributed by atoms with E-state index in [1.54, 1.807) is 26.0 Å². The van der Waals surface area contributed by atoms with E-state index in [9.17, 15) is 14.4 Å². The van der Waals surface area contributed by atoms with Gasteiger partial charge in [0, 0.05) is 6.08 Å². The Labute approximate surface area is 152 Å². The Morgan fingerprint density at radius 3 is 2.76 bits per heavy atom. The fraction of sp³-hybridized carbons (Fsp3) is 0.312. The van der Waals surface area contributed by atoms with Crippen LogP contribution in [-0.2, 0) is 19.1 Å². The Kier molecular flexibility index (Phi) is 6.40. The van der Waals surface area contributed by atoms with E-state index >= 15 is 0 Å². The van der Waals surface area contributed by atoms with Crippen molar-refractivity contribution in [3.8, 4) is 0 Å². The van der Waals surface area contributed by atoms with Gasteiger partial charge in [0.1, 0.15) is 12.4 Å². The van der Waals surface area contributed by atoms with Crippen molar-refractivity contribution in [1.82, 2.24) is 10.6 Å². The Hall–Kier alpha value is -2.55. The van der Waals surface area contributed by atoms with Gasteiger partial charge in [-0.25, -0.2) is 14.4 Å². The molecule has 9 heteroatoms. The van der Waals surface area contributed by atoms with E-state index in [2.05, 4.69) is 26.6 Å². The molecule has 1 unspecified atom stereocenters. The number of furan rings is 1. The second kappa shape index (κ2) is 8.52. The predicted octanol–water partition coefficient (Wildman–Crippen LogP) is 2.12. The van der Waals surface area contributed by atoms with Gasteiger partial charge in [0.15, 0.2) is 4.67 Å². The number of halogens is 1. The van der Waals surface area contributed by atoms with Crippen molar-refractivity contribution in [3.63, 3.8) is 0 Å². The number of carbonyl (C=O) groups excluding carboxylic acids is 3. The summed E-state index contributed by atoms with van der Waals surface area (Å²) in [7, 11) is 0. The smallest absolute Gasteiger partial charge is 0.338 e. The average molecular weight is 413 g/mol. The first-order valence-electron chi connectivity index (χ1n) is 7.48. The van der Waals surface area contributed by atoms with E-state index in [0.717, 1.165) is 0 Å². The number of nitrogens with one attached hydrogen (secondary N) is 2. The van der Waals surface area contributed by atoms with E-state index < -0.39 is 24.0 Å². The predicted molar refractivity (Wildman–Crippen MR) is 91.2 cm³/mol. The lowest BCUT2D eigenvalue weighted by molar-refractivity contribution is -0.140. The van der Waals surface area contributed by atoms with E-state index in [0.29, 0.717) is 10.4 Å². The number of carbonyl (C=O) groups is 3. The van der Waals surface area contributed by atoms with Crippen molar-refractivity contribution in [1.29, 1.82) is 0 Å². The Morgan fingerprint density at radius 1 is 1.36 bits per heavy atom. The molecule has 0 aromatic carbocycles. The zero-order chi connectivity index (χ0) is 18.4. The molecule has 2 N–H and O–H groups in total. The lowest BCUT2D eigenvalue weighted by atomic mass is 10.0. The molecule has 1 aliphatic rings. The highest BCUT2D eigenvalue weighted by Gasteiger charge is 2.30. The fourth-order valence-corrected chi connectivity index (χ4v) is 2.47. The van der Waals surface area contributed by atoms with Gasteiger partial charge >= 0.3 is 18.0 Å². The standard InChI is InChI=1S/C16H17BrN2O6/c1-3-23-15(21)14-9(2)18-16(22)19-11(14)8-24-13(20)7-5-10-4-6-12(17)25-10/h4-7,9H,3,8H2,1-2H3,(H2,18,19,22)/b7-5+. The van der Waals surface area contributed by atoms with Crippen LogP contribution in [0.2, 0.25) is 0 Å². The molecule has 0 saturated heterocycles. The summed E-state index contributed by atoms with van der Waals surface area (Å²) in [6.45, 7) is 3.24. The van der Waals surface area contributed by atoms with Gasteiger partial charge in [-0.3, -0.25) is 0 Å². The van der Waals surface area contributed by atoms with Gasteiger partial charge in [0.2, 0.25) is 0 Å². The lowest BCUT2D eigenvalue weighted by Crippen LogP contribution is -2.50. The SMILES string of the molecule is CCOC(=O)C1=C(COC(=O)/C=C/c2ccc(Br)o2)NC(=O)NC1C. The number of hydrogen-bond donors (Lipinski definition) is 2. The molecule has 1 atom stereocenters. The van der Waals surface area contributed by atoms with Crippen molar-refractivity contribution < 1.29 is 28.3 Å². The number of urea groups is 1. The molecule has 1 aromatic heterocycles. The Bertz CT molecular complexity index is 737. The second-order valence-corrected chi connectivity index (χ2v) is 5.80. The van der Waals surface area contributed by atoms with E-state index in [4.69, 9.17) is 13.9 Å². The minimum atomic E-state index is -0.649. The highest BCUT2D eigenvalue weighted by Crippen LogP contribution is 2.16. The van der Waals surface area contributed by atoms with Crippen molar-refractivity contribution in [2.45, 2.75) is 19.9 Å². The van der Waals surface area contributed by atoms with Crippen LogP contribution in [0.1, 0.15) is 19.6 Å². The molecule has 2 heterocycles. The number of ether oxygens (including phenoxy) is 2. The molecule has 8 nitrogen and oxygen atoms in total. The third-order valence-corrected chi connectivity index (χ3v) is 3.63. The van der Waals surface area contributed by atoms with Crippen LogP contribution >= 0.6 is 15.9 Å². The van der Waals surface area contributed by atoms with Gasteiger partial charge in [0.25, 0.3) is 0 Å². The molecule has 0 bridgehead atoms. The van der Waals surface area contributed by atoms with Gasteiger partial charge in [-0.1, -0.05) is 0 Å². The summed E-state index contributed by atoms with van der Waals surface area (Å²) < 4.78 is 15.8. The molecule has 1 aromatic rings. The highest BCUT2D eigenvalue weighted by atomic mass is 79.9. The zero-order valence-corrected chi connectivity index (χ0v) is 15.2. The molecule has 134 valence electrons. The lowest BCUT2D eigenvalue weighted by Gasteiger charge is -2.26. The maximum absolute atomic E-state index is 12.0. The maximum Gasteiger partial charge on any atom is 0.338 e. The molecule has 0 aliphatic carbocycles. The molecule has 25 heavy (non-hydrogen) atoms. The maximum atomic E-state index is 12.0. The van der Waals surface area contributed by atoms with Crippen molar-refractivity contribution in [3.05, 3.63) is 39.9 Å². The minimum Gasteiger partial charge on any atom is -0.463 e. The summed E-state index contributed by atoms with van der Waals surface area (Å²) in [5, 5.41) is 5.03. The van der Waals surface area contributed by atoms with Crippen LogP contribution in [0.25, 0.3) is 6.08 Å². The fourth-order valence-electron chi connectivity index (χ4n) is 2.15. The van der Waals surface area contributed by atoms with Crippen molar-refractivity contribution >= 4 is 40.0 Å². The second-order valence-electron chi connectivity index (χ2n) is 5.02. The molecule has 0 spiro atoms. The minimum absolute atomic E-state index is 0.192. The molecule has 0 fully saturated rings. The summed E-state index contributed by atoms with van der Waals surface area (Å²) in [5.41, 5.74) is 0.408. The molecular formula is C16H17BrN2O6. The Balaban J connectivity index is 2.05. The zero-order valence-electron chi connectivity index (χ0n) is 13.6. The summed E-state index contributed by atoms with van der Waals surface area (Å²) in [4.78, 5) is 35.4. The first kappa shape index (κ1) is 18.8. The first-order valence-corrected chi connectivity index (χ1v) is 8.27. The first-order chi connectivity index (χ1) is 11.9. The normalized spacial score (nSPS) is 17.2. The van der Waals surface area contributed by atoms with Crippen LogP contribution in [0, 0.1) is 0 Å². The third-order valence-electron chi connectivity index (χ3n) is 3.20. The van der Waals surface area contributed by atoms with Gasteiger partial charge in [-0.2, -0.15) is 0 Å². The van der Waals surface area contributed by atoms with Crippen LogP contribution in [0.5, 0.6) is 0 Å². The average Bonchev–Trinajstić information content (AvgIpc) is 2.96. The van der Waals surface area contributed by atoms with Crippen LogP contribution in [0.4, 0.5) is 4.79 Å². The molecule has 0 saturated carbocycles. The van der Waals surface area contributed by atoms with Gasteiger partial charge in [0.05, 0.1) is 23.9 Å². The molecule has 2 amide bonds. The van der Waals surface area contributed by atoms with Crippen molar-refractivity contribution in [2.24, 2.45) is 0 Å². The van der Waals surface area contributed by atoms with Gasteiger partial charge in [-0.05, 0) is 48.0 Å². The highest BCUT2D eigenvalue weighted by molar-refractivity contribution is 9.10. The van der Waals surface area contributed by atoms with Crippen molar-refractivity contribution in [2.75, 3.05) is 13.2 Å². The van der Waals surface area contributed by atoms with Crippen LogP contribution in [0.3, 0.4) is 0 Å². The Morgan fingerprint density at radius 2 is 2.12 bits per heavy atom. The largest absolute Gasteiger partial charge is 0.463 e. The number of hydrogen-bond acceptors (Lipinski definition) is 6. The van der Waals surface area contributed by atoms with E-state index in [1.165, 1.54) is 12.2 Å². The number of rotatable bonds is 6. The molecular weight excluding hydrogens is 396 g/mol. The van der Waals surface area contributed by atoms with Crippen LogP contribution in [-0.4, -0.2) is 37.2 Å². The summed E-state index contributed by atoms with van der Waals surface area (Å²) >= 11 is 3.15. The molecule has 2 rings (SSSR count). The summed E-state index contributed by atoms with van der Waals surface area (Å²) in [6, 6.07) is 2.32. The number of amides is 2. The summed E-state index contributed by atoms with van der Waals surface area (Å²) in [6.07, 6.45) is 2.62. The topological polar surface area (TPSA) is 107 Å².